The van der Waals surface area contributed by atoms with Crippen molar-refractivity contribution in [2.24, 2.45) is 0 Å². The minimum absolute atomic E-state index is 0.178. The summed E-state index contributed by atoms with van der Waals surface area (Å²) >= 11 is 0. The van der Waals surface area contributed by atoms with E-state index in [2.05, 4.69) is 5.10 Å². The van der Waals surface area contributed by atoms with Gasteiger partial charge in [-0.25, -0.2) is 17.5 Å². The van der Waals surface area contributed by atoms with Gasteiger partial charge in [-0.3, -0.25) is 0 Å². The predicted octanol–water partition coefficient (Wildman–Crippen LogP) is 4.79. The molecule has 0 spiro atoms. The van der Waals surface area contributed by atoms with Crippen LogP contribution < -0.4 is 9.47 Å². The molecule has 0 amide bonds. The Morgan fingerprint density at radius 3 is 2.43 bits per heavy atom. The van der Waals surface area contributed by atoms with E-state index in [4.69, 9.17) is 9.47 Å². The van der Waals surface area contributed by atoms with Crippen LogP contribution >= 0.6 is 0 Å². The Labute approximate surface area is 201 Å². The van der Waals surface area contributed by atoms with E-state index in [1.807, 2.05) is 30.3 Å². The number of para-hydroxylation sites is 1. The number of benzene rings is 3. The lowest BCUT2D eigenvalue weighted by atomic mass is 10.1. The molecule has 35 heavy (non-hydrogen) atoms. The SMILES string of the molecule is N#C/C(=C\c1cn(-c2ccccc2)nc1-c1ccc2c(c1)OCCO2)S(=O)(=O)c1ccc(F)cc1. The first-order valence-electron chi connectivity index (χ1n) is 10.6. The number of ether oxygens (including phenoxy) is 2. The van der Waals surface area contributed by atoms with Gasteiger partial charge in [-0.1, -0.05) is 18.2 Å². The minimum atomic E-state index is -4.18. The Hall–Kier alpha value is -4.42. The van der Waals surface area contributed by atoms with Gasteiger partial charge in [0.2, 0.25) is 9.84 Å². The van der Waals surface area contributed by atoms with Crippen LogP contribution in [-0.4, -0.2) is 31.4 Å². The van der Waals surface area contributed by atoms with E-state index in [1.165, 1.54) is 6.08 Å². The molecule has 174 valence electrons. The van der Waals surface area contributed by atoms with Gasteiger partial charge in [0.1, 0.15) is 35.7 Å². The molecule has 1 aliphatic rings. The van der Waals surface area contributed by atoms with E-state index < -0.39 is 20.6 Å². The van der Waals surface area contributed by atoms with Crippen molar-refractivity contribution in [3.05, 3.63) is 95.3 Å². The van der Waals surface area contributed by atoms with Crippen molar-refractivity contribution in [1.82, 2.24) is 9.78 Å². The maximum atomic E-state index is 13.3. The Bertz CT molecular complexity index is 1570. The predicted molar refractivity (Wildman–Crippen MR) is 127 cm³/mol. The summed E-state index contributed by atoms with van der Waals surface area (Å²) in [6, 6.07) is 20.7. The van der Waals surface area contributed by atoms with Crippen molar-refractivity contribution in [2.75, 3.05) is 13.2 Å². The second-order valence-electron chi connectivity index (χ2n) is 7.65. The molecule has 1 aromatic heterocycles. The molecular weight excluding hydrogens is 469 g/mol. The Balaban J connectivity index is 1.66. The van der Waals surface area contributed by atoms with Crippen LogP contribution in [-0.2, 0) is 9.84 Å². The molecule has 7 nitrogen and oxygen atoms in total. The molecule has 5 rings (SSSR count). The summed E-state index contributed by atoms with van der Waals surface area (Å²) in [5.74, 6) is 0.588. The van der Waals surface area contributed by atoms with Gasteiger partial charge < -0.3 is 9.47 Å². The smallest absolute Gasteiger partial charge is 0.216 e. The third-order valence-corrected chi connectivity index (χ3v) is 7.07. The van der Waals surface area contributed by atoms with Crippen LogP contribution in [0.4, 0.5) is 4.39 Å². The normalized spacial score (nSPS) is 13.3. The summed E-state index contributed by atoms with van der Waals surface area (Å²) < 4.78 is 52.4. The number of halogens is 1. The Kier molecular flexibility index (Phi) is 5.81. The molecule has 1 aliphatic heterocycles. The molecule has 0 atom stereocenters. The van der Waals surface area contributed by atoms with Gasteiger partial charge in [0.15, 0.2) is 11.5 Å². The number of aromatic nitrogens is 2. The largest absolute Gasteiger partial charge is 0.486 e. The molecule has 0 saturated heterocycles. The zero-order chi connectivity index (χ0) is 24.4. The number of nitriles is 1. The molecule has 3 aromatic carbocycles. The zero-order valence-electron chi connectivity index (χ0n) is 18.3. The summed E-state index contributed by atoms with van der Waals surface area (Å²) in [6.07, 6.45) is 2.93. The molecule has 0 unspecified atom stereocenters. The second-order valence-corrected chi connectivity index (χ2v) is 9.57. The molecular formula is C26H18FN3O4S. The number of rotatable bonds is 5. The number of nitrogens with zero attached hydrogens (tertiary/aromatic N) is 3. The van der Waals surface area contributed by atoms with E-state index >= 15 is 0 Å². The van der Waals surface area contributed by atoms with E-state index in [1.54, 1.807) is 35.1 Å². The van der Waals surface area contributed by atoms with Gasteiger partial charge in [-0.15, -0.1) is 0 Å². The summed E-state index contributed by atoms with van der Waals surface area (Å²) in [6.45, 7) is 0.867. The van der Waals surface area contributed by atoms with Crippen molar-refractivity contribution < 1.29 is 22.3 Å². The molecule has 0 saturated carbocycles. The van der Waals surface area contributed by atoms with E-state index in [0.29, 0.717) is 41.5 Å². The average Bonchev–Trinajstić information content (AvgIpc) is 3.31. The number of hydrogen-bond donors (Lipinski definition) is 0. The van der Waals surface area contributed by atoms with Gasteiger partial charge in [0.05, 0.1) is 10.6 Å². The van der Waals surface area contributed by atoms with Crippen molar-refractivity contribution in [1.29, 1.82) is 5.26 Å². The number of fused-ring (bicyclic) bond motifs is 1. The van der Waals surface area contributed by atoms with Gasteiger partial charge in [0, 0.05) is 17.3 Å². The van der Waals surface area contributed by atoms with Crippen LogP contribution in [0, 0.1) is 17.1 Å². The van der Waals surface area contributed by atoms with Crippen LogP contribution in [0.1, 0.15) is 5.56 Å². The highest BCUT2D eigenvalue weighted by Gasteiger charge is 2.23. The highest BCUT2D eigenvalue weighted by atomic mass is 32.2. The molecule has 0 bridgehead atoms. The first kappa shape index (κ1) is 22.4. The van der Waals surface area contributed by atoms with E-state index in [0.717, 1.165) is 30.0 Å². The van der Waals surface area contributed by atoms with Crippen LogP contribution in [0.5, 0.6) is 11.5 Å². The van der Waals surface area contributed by atoms with Crippen molar-refractivity contribution >= 4 is 15.9 Å². The van der Waals surface area contributed by atoms with Gasteiger partial charge in [-0.2, -0.15) is 10.4 Å². The molecule has 0 fully saturated rings. The van der Waals surface area contributed by atoms with Gasteiger partial charge in [0.25, 0.3) is 0 Å². The standard InChI is InChI=1S/C26H18FN3O4S/c27-20-7-9-22(10-8-20)35(31,32)23(16-28)14-19-17-30(21-4-2-1-3-5-21)29-26(19)18-6-11-24-25(15-18)34-13-12-33-24/h1-11,14-15,17H,12-13H2/b23-14+. The molecule has 0 aliphatic carbocycles. The fourth-order valence-corrected chi connectivity index (χ4v) is 4.82. The Morgan fingerprint density at radius 2 is 1.71 bits per heavy atom. The van der Waals surface area contributed by atoms with Crippen molar-refractivity contribution in [3.63, 3.8) is 0 Å². The summed E-state index contributed by atoms with van der Waals surface area (Å²) in [4.78, 5) is -0.668. The molecule has 9 heteroatoms. The lowest BCUT2D eigenvalue weighted by Gasteiger charge is -2.18. The molecule has 2 heterocycles. The number of allylic oxidation sites excluding steroid dienone is 1. The van der Waals surface area contributed by atoms with Crippen LogP contribution in [0.15, 0.2) is 88.8 Å². The quantitative estimate of drug-likeness (QED) is 0.297. The van der Waals surface area contributed by atoms with E-state index in [9.17, 15) is 18.1 Å². The number of hydrogen-bond acceptors (Lipinski definition) is 6. The Morgan fingerprint density at radius 1 is 1.00 bits per heavy atom. The number of sulfone groups is 1. The fraction of sp³-hybridized carbons (Fsp3) is 0.0769. The third-order valence-electron chi connectivity index (χ3n) is 5.39. The maximum absolute atomic E-state index is 13.3. The summed E-state index contributed by atoms with van der Waals surface area (Å²) in [5, 5.41) is 14.4. The second kappa shape index (κ2) is 9.08. The van der Waals surface area contributed by atoms with Crippen LogP contribution in [0.2, 0.25) is 0 Å². The van der Waals surface area contributed by atoms with Crippen molar-refractivity contribution in [3.8, 4) is 34.5 Å². The monoisotopic (exact) mass is 487 g/mol. The third kappa shape index (κ3) is 4.39. The first-order chi connectivity index (χ1) is 17.0. The lowest BCUT2D eigenvalue weighted by molar-refractivity contribution is 0.171. The van der Waals surface area contributed by atoms with Gasteiger partial charge in [-0.05, 0) is 60.7 Å². The van der Waals surface area contributed by atoms with E-state index in [-0.39, 0.29) is 4.90 Å². The lowest BCUT2D eigenvalue weighted by Crippen LogP contribution is -2.15. The maximum Gasteiger partial charge on any atom is 0.216 e. The fourth-order valence-electron chi connectivity index (χ4n) is 3.67. The summed E-state index contributed by atoms with van der Waals surface area (Å²) in [7, 11) is -4.18. The van der Waals surface area contributed by atoms with Crippen LogP contribution in [0.3, 0.4) is 0 Å². The topological polar surface area (TPSA) is 94.2 Å². The van der Waals surface area contributed by atoms with Crippen LogP contribution in [0.25, 0.3) is 23.0 Å². The zero-order valence-corrected chi connectivity index (χ0v) is 19.1. The highest BCUT2D eigenvalue weighted by molar-refractivity contribution is 7.95. The molecule has 0 radical (unpaired) electrons. The molecule has 0 N–H and O–H groups in total. The minimum Gasteiger partial charge on any atom is -0.486 e. The summed E-state index contributed by atoms with van der Waals surface area (Å²) in [5.41, 5.74) is 2.28. The average molecular weight is 488 g/mol. The van der Waals surface area contributed by atoms with Crippen molar-refractivity contribution in [2.45, 2.75) is 4.90 Å². The molecule has 4 aromatic rings. The first-order valence-corrected chi connectivity index (χ1v) is 12.1. The highest BCUT2D eigenvalue weighted by Crippen LogP contribution is 2.36. The van der Waals surface area contributed by atoms with Gasteiger partial charge >= 0.3 is 0 Å².